The van der Waals surface area contributed by atoms with Gasteiger partial charge in [-0.25, -0.2) is 4.79 Å². The highest BCUT2D eigenvalue weighted by Gasteiger charge is 2.14. The molecule has 0 spiro atoms. The van der Waals surface area contributed by atoms with Crippen molar-refractivity contribution < 1.29 is 33.6 Å². The Morgan fingerprint density at radius 1 is 0.903 bits per heavy atom. The summed E-state index contributed by atoms with van der Waals surface area (Å²) in [7, 11) is 0. The SMILES string of the molecule is CCOC(=O)c1ccc(NC(=O)CCC(=O)OCC(=O)c2ccc([N+](=O)[O-])cc2)cc1. The highest BCUT2D eigenvalue weighted by molar-refractivity contribution is 5.98. The molecule has 0 bridgehead atoms. The Labute approximate surface area is 177 Å². The van der Waals surface area contributed by atoms with Crippen LogP contribution in [0.3, 0.4) is 0 Å². The van der Waals surface area contributed by atoms with E-state index in [-0.39, 0.29) is 30.7 Å². The third-order valence-corrected chi connectivity index (χ3v) is 4.00. The van der Waals surface area contributed by atoms with Crippen molar-refractivity contribution in [2.45, 2.75) is 19.8 Å². The first-order valence-electron chi connectivity index (χ1n) is 9.30. The summed E-state index contributed by atoms with van der Waals surface area (Å²) < 4.78 is 9.72. The molecule has 162 valence electrons. The molecule has 0 aromatic heterocycles. The van der Waals surface area contributed by atoms with Gasteiger partial charge in [0.15, 0.2) is 12.4 Å². The molecule has 0 aliphatic heterocycles. The average molecular weight is 428 g/mol. The fourth-order valence-electron chi connectivity index (χ4n) is 2.41. The quantitative estimate of drug-likeness (QED) is 0.263. The van der Waals surface area contributed by atoms with Crippen LogP contribution < -0.4 is 5.32 Å². The number of hydrogen-bond acceptors (Lipinski definition) is 8. The second-order valence-electron chi connectivity index (χ2n) is 6.23. The van der Waals surface area contributed by atoms with Crippen LogP contribution in [0.2, 0.25) is 0 Å². The predicted molar refractivity (Wildman–Crippen MR) is 109 cm³/mol. The zero-order valence-corrected chi connectivity index (χ0v) is 16.7. The van der Waals surface area contributed by atoms with Gasteiger partial charge in [-0.2, -0.15) is 0 Å². The van der Waals surface area contributed by atoms with E-state index in [9.17, 15) is 29.3 Å². The molecule has 1 amide bonds. The summed E-state index contributed by atoms with van der Waals surface area (Å²) in [4.78, 5) is 57.3. The highest BCUT2D eigenvalue weighted by Crippen LogP contribution is 2.13. The van der Waals surface area contributed by atoms with Gasteiger partial charge in [-0.1, -0.05) is 0 Å². The van der Waals surface area contributed by atoms with Crippen molar-refractivity contribution in [1.29, 1.82) is 0 Å². The van der Waals surface area contributed by atoms with Crippen molar-refractivity contribution in [1.82, 2.24) is 0 Å². The number of ether oxygens (including phenoxy) is 2. The van der Waals surface area contributed by atoms with Crippen molar-refractivity contribution in [3.63, 3.8) is 0 Å². The van der Waals surface area contributed by atoms with Crippen molar-refractivity contribution >= 4 is 35.0 Å². The van der Waals surface area contributed by atoms with Crippen molar-refractivity contribution in [3.8, 4) is 0 Å². The second-order valence-corrected chi connectivity index (χ2v) is 6.23. The summed E-state index contributed by atoms with van der Waals surface area (Å²) in [5.74, 6) is -2.16. The third-order valence-electron chi connectivity index (χ3n) is 4.00. The van der Waals surface area contributed by atoms with E-state index in [1.807, 2.05) is 0 Å². The molecule has 0 unspecified atom stereocenters. The van der Waals surface area contributed by atoms with Gasteiger partial charge in [-0.3, -0.25) is 24.5 Å². The summed E-state index contributed by atoms with van der Waals surface area (Å²) in [6.07, 6.45) is -0.398. The van der Waals surface area contributed by atoms with Crippen molar-refractivity contribution in [2.24, 2.45) is 0 Å². The number of carbonyl (C=O) groups excluding carboxylic acids is 4. The lowest BCUT2D eigenvalue weighted by molar-refractivity contribution is -0.384. The molecule has 0 heterocycles. The number of Topliss-reactive ketones (excluding diaryl/α,β-unsaturated/α-hetero) is 1. The lowest BCUT2D eigenvalue weighted by Crippen LogP contribution is -2.17. The van der Waals surface area contributed by atoms with Gasteiger partial charge < -0.3 is 14.8 Å². The first-order valence-corrected chi connectivity index (χ1v) is 9.30. The number of anilines is 1. The van der Waals surface area contributed by atoms with Gasteiger partial charge in [-0.05, 0) is 43.3 Å². The van der Waals surface area contributed by atoms with E-state index < -0.39 is 35.2 Å². The van der Waals surface area contributed by atoms with Gasteiger partial charge >= 0.3 is 11.9 Å². The Kier molecular flexibility index (Phi) is 8.38. The van der Waals surface area contributed by atoms with Gasteiger partial charge in [0.05, 0.1) is 23.5 Å². The molecule has 0 fully saturated rings. The van der Waals surface area contributed by atoms with Crippen LogP contribution in [0.1, 0.15) is 40.5 Å². The molecular weight excluding hydrogens is 408 g/mol. The molecule has 0 aliphatic rings. The number of nitro benzene ring substituents is 1. The third kappa shape index (κ3) is 7.35. The monoisotopic (exact) mass is 428 g/mol. The number of nitro groups is 1. The Morgan fingerprint density at radius 3 is 2.10 bits per heavy atom. The molecule has 31 heavy (non-hydrogen) atoms. The van der Waals surface area contributed by atoms with Crippen LogP contribution in [0.5, 0.6) is 0 Å². The summed E-state index contributed by atoms with van der Waals surface area (Å²) in [5, 5.41) is 13.2. The number of amides is 1. The molecule has 0 saturated carbocycles. The summed E-state index contributed by atoms with van der Waals surface area (Å²) in [5.41, 5.74) is 0.804. The average Bonchev–Trinajstić information content (AvgIpc) is 2.76. The number of benzene rings is 2. The first-order chi connectivity index (χ1) is 14.8. The predicted octanol–water partition coefficient (Wildman–Crippen LogP) is 2.92. The summed E-state index contributed by atoms with van der Waals surface area (Å²) in [6, 6.07) is 11.0. The minimum absolute atomic E-state index is 0.157. The Balaban J connectivity index is 1.74. The van der Waals surface area contributed by atoms with E-state index in [1.54, 1.807) is 6.92 Å². The largest absolute Gasteiger partial charge is 0.462 e. The molecule has 0 atom stereocenters. The number of ketones is 1. The number of hydrogen-bond donors (Lipinski definition) is 1. The Hall–Kier alpha value is -4.08. The van der Waals surface area contributed by atoms with Crippen LogP contribution >= 0.6 is 0 Å². The zero-order valence-electron chi connectivity index (χ0n) is 16.7. The van der Waals surface area contributed by atoms with Gasteiger partial charge in [0, 0.05) is 29.8 Å². The van der Waals surface area contributed by atoms with Crippen LogP contribution in [-0.4, -0.2) is 41.8 Å². The maximum absolute atomic E-state index is 12.0. The Bertz CT molecular complexity index is 968. The molecule has 2 aromatic rings. The molecule has 1 N–H and O–H groups in total. The zero-order chi connectivity index (χ0) is 22.8. The molecule has 10 heteroatoms. The number of nitrogens with zero attached hydrogens (tertiary/aromatic N) is 1. The van der Waals surface area contributed by atoms with Crippen LogP contribution in [0, 0.1) is 10.1 Å². The lowest BCUT2D eigenvalue weighted by atomic mass is 10.1. The number of esters is 2. The minimum atomic E-state index is -0.733. The molecule has 2 rings (SSSR count). The fourth-order valence-corrected chi connectivity index (χ4v) is 2.41. The van der Waals surface area contributed by atoms with E-state index in [0.29, 0.717) is 11.3 Å². The molecular formula is C21H20N2O8. The molecule has 0 saturated heterocycles. The van der Waals surface area contributed by atoms with Crippen molar-refractivity contribution in [3.05, 3.63) is 69.8 Å². The first kappa shape index (κ1) is 23.2. The smallest absolute Gasteiger partial charge is 0.338 e. The van der Waals surface area contributed by atoms with E-state index >= 15 is 0 Å². The van der Waals surface area contributed by atoms with E-state index in [0.717, 1.165) is 0 Å². The maximum atomic E-state index is 12.0. The lowest BCUT2D eigenvalue weighted by Gasteiger charge is -2.07. The summed E-state index contributed by atoms with van der Waals surface area (Å²) >= 11 is 0. The topological polar surface area (TPSA) is 142 Å². The second kappa shape index (κ2) is 11.2. The highest BCUT2D eigenvalue weighted by atomic mass is 16.6. The normalized spacial score (nSPS) is 10.1. The number of nitrogens with one attached hydrogen (secondary N) is 1. The number of non-ortho nitro benzene ring substituents is 1. The Morgan fingerprint density at radius 2 is 1.52 bits per heavy atom. The van der Waals surface area contributed by atoms with E-state index in [2.05, 4.69) is 5.32 Å². The van der Waals surface area contributed by atoms with Crippen LogP contribution in [0.15, 0.2) is 48.5 Å². The van der Waals surface area contributed by atoms with Gasteiger partial charge in [0.1, 0.15) is 0 Å². The maximum Gasteiger partial charge on any atom is 0.338 e. The molecule has 10 nitrogen and oxygen atoms in total. The molecule has 0 radical (unpaired) electrons. The van der Waals surface area contributed by atoms with E-state index in [4.69, 9.17) is 9.47 Å². The van der Waals surface area contributed by atoms with Gasteiger partial charge in [-0.15, -0.1) is 0 Å². The van der Waals surface area contributed by atoms with Crippen molar-refractivity contribution in [2.75, 3.05) is 18.5 Å². The number of rotatable bonds is 10. The van der Waals surface area contributed by atoms with Gasteiger partial charge in [0.25, 0.3) is 5.69 Å². The summed E-state index contributed by atoms with van der Waals surface area (Å²) in [6.45, 7) is 1.42. The molecule has 0 aliphatic carbocycles. The number of carbonyl (C=O) groups is 4. The van der Waals surface area contributed by atoms with Crippen LogP contribution in [0.4, 0.5) is 11.4 Å². The molecule has 2 aromatic carbocycles. The van der Waals surface area contributed by atoms with Crippen LogP contribution in [0.25, 0.3) is 0 Å². The fraction of sp³-hybridized carbons (Fsp3) is 0.238. The standard InChI is InChI=1S/C21H20N2O8/c1-2-30-21(27)15-3-7-16(8-4-15)22-19(25)11-12-20(26)31-13-18(24)14-5-9-17(10-6-14)23(28)29/h3-10H,2,11-13H2,1H3,(H,22,25). The van der Waals surface area contributed by atoms with Gasteiger partial charge in [0.2, 0.25) is 5.91 Å². The van der Waals surface area contributed by atoms with Crippen LogP contribution in [-0.2, 0) is 19.1 Å². The van der Waals surface area contributed by atoms with E-state index in [1.165, 1.54) is 48.5 Å². The minimum Gasteiger partial charge on any atom is -0.462 e.